The molecule has 1 unspecified atom stereocenters. The lowest BCUT2D eigenvalue weighted by molar-refractivity contribution is -0.135. The van der Waals surface area contributed by atoms with Crippen molar-refractivity contribution in [2.24, 2.45) is 0 Å². The second-order valence-corrected chi connectivity index (χ2v) is 7.55. The van der Waals surface area contributed by atoms with E-state index in [1.165, 1.54) is 33.3 Å². The van der Waals surface area contributed by atoms with Gasteiger partial charge < -0.3 is 10.1 Å². The number of amides is 1. The van der Waals surface area contributed by atoms with Crippen LogP contribution in [-0.4, -0.2) is 51.8 Å². The monoisotopic (exact) mass is 354 g/mol. The quantitative estimate of drug-likeness (QED) is 0.575. The molecule has 0 bridgehead atoms. The molecule has 8 heteroatoms. The summed E-state index contributed by atoms with van der Waals surface area (Å²) < 4.78 is 29.5. The smallest absolute Gasteiger partial charge is 0.330 e. The molecule has 1 atom stereocenters. The zero-order valence-corrected chi connectivity index (χ0v) is 15.0. The van der Waals surface area contributed by atoms with Gasteiger partial charge in [-0.2, -0.15) is 0 Å². The molecular weight excluding hydrogens is 332 g/mol. The van der Waals surface area contributed by atoms with Gasteiger partial charge in [-0.25, -0.2) is 17.5 Å². The number of hydrogen-bond donors (Lipinski definition) is 1. The fourth-order valence-electron chi connectivity index (χ4n) is 1.92. The number of ether oxygens (including phenoxy) is 1. The maximum Gasteiger partial charge on any atom is 0.330 e. The van der Waals surface area contributed by atoms with Crippen molar-refractivity contribution in [1.82, 2.24) is 9.62 Å². The molecular formula is C16H22N2O5S. The summed E-state index contributed by atoms with van der Waals surface area (Å²) in [5, 5.41) is 2.71. The maximum atomic E-state index is 12.0. The van der Waals surface area contributed by atoms with E-state index in [2.05, 4.69) is 10.1 Å². The molecule has 0 heterocycles. The molecule has 1 rings (SSSR count). The van der Waals surface area contributed by atoms with E-state index in [9.17, 15) is 18.0 Å². The Morgan fingerprint density at radius 1 is 1.21 bits per heavy atom. The summed E-state index contributed by atoms with van der Waals surface area (Å²) in [4.78, 5) is 22.8. The van der Waals surface area contributed by atoms with Gasteiger partial charge >= 0.3 is 5.97 Å². The van der Waals surface area contributed by atoms with Crippen LogP contribution in [0.2, 0.25) is 0 Å². The number of carbonyl (C=O) groups is 2. The number of rotatable bonds is 7. The van der Waals surface area contributed by atoms with Gasteiger partial charge in [-0.05, 0) is 31.0 Å². The van der Waals surface area contributed by atoms with Crippen molar-refractivity contribution in [3.8, 4) is 0 Å². The Hall–Kier alpha value is -2.19. The summed E-state index contributed by atoms with van der Waals surface area (Å²) in [7, 11) is 0.731. The van der Waals surface area contributed by atoms with Crippen molar-refractivity contribution in [3.63, 3.8) is 0 Å². The van der Waals surface area contributed by atoms with Gasteiger partial charge in [0.1, 0.15) is 0 Å². The summed E-state index contributed by atoms with van der Waals surface area (Å²) in [6.45, 7) is 1.81. The summed E-state index contributed by atoms with van der Waals surface area (Å²) >= 11 is 0. The number of carbonyl (C=O) groups excluding carboxylic acids is 2. The predicted octanol–water partition coefficient (Wildman–Crippen LogP) is 0.713. The minimum atomic E-state index is -3.45. The van der Waals surface area contributed by atoms with Gasteiger partial charge in [0.05, 0.1) is 12.0 Å². The second kappa shape index (κ2) is 8.60. The highest BCUT2D eigenvalue weighted by Gasteiger charge is 2.16. The van der Waals surface area contributed by atoms with Crippen molar-refractivity contribution in [2.45, 2.75) is 24.3 Å². The molecule has 7 nitrogen and oxygen atoms in total. The van der Waals surface area contributed by atoms with Crippen LogP contribution >= 0.6 is 0 Å². The van der Waals surface area contributed by atoms with Crippen molar-refractivity contribution < 1.29 is 22.7 Å². The fraction of sp³-hybridized carbons (Fsp3) is 0.375. The first-order valence-corrected chi connectivity index (χ1v) is 8.69. The largest absolute Gasteiger partial charge is 0.466 e. The van der Waals surface area contributed by atoms with E-state index in [0.717, 1.165) is 22.0 Å². The molecule has 0 aromatic heterocycles. The number of methoxy groups -OCH3 is 1. The third-order valence-corrected chi connectivity index (χ3v) is 5.03. The Morgan fingerprint density at radius 3 is 2.29 bits per heavy atom. The third kappa shape index (κ3) is 5.78. The highest BCUT2D eigenvalue weighted by Crippen LogP contribution is 2.14. The minimum Gasteiger partial charge on any atom is -0.466 e. The van der Waals surface area contributed by atoms with Crippen LogP contribution in [-0.2, 0) is 30.8 Å². The molecule has 0 spiro atoms. The first-order chi connectivity index (χ1) is 11.2. The van der Waals surface area contributed by atoms with E-state index >= 15 is 0 Å². The first-order valence-electron chi connectivity index (χ1n) is 7.24. The number of benzene rings is 1. The number of esters is 1. The SMILES string of the molecule is COC(=O)/C=C/C(=O)NC(C)Cc1ccc(S(=O)(=O)N(C)C)cc1. The van der Waals surface area contributed by atoms with Gasteiger partial charge in [-0.1, -0.05) is 12.1 Å². The number of nitrogens with zero attached hydrogens (tertiary/aromatic N) is 1. The van der Waals surface area contributed by atoms with E-state index in [0.29, 0.717) is 6.42 Å². The standard InChI is InChI=1S/C16H22N2O5S/c1-12(17-15(19)9-10-16(20)23-4)11-13-5-7-14(8-6-13)24(21,22)18(2)3/h5-10,12H,11H2,1-4H3,(H,17,19)/b10-9+. The fourth-order valence-corrected chi connectivity index (χ4v) is 2.82. The van der Waals surface area contributed by atoms with Crippen molar-refractivity contribution in [3.05, 3.63) is 42.0 Å². The van der Waals surface area contributed by atoms with Gasteiger partial charge in [0, 0.05) is 32.3 Å². The lowest BCUT2D eigenvalue weighted by atomic mass is 10.1. The van der Waals surface area contributed by atoms with Crippen molar-refractivity contribution in [2.75, 3.05) is 21.2 Å². The highest BCUT2D eigenvalue weighted by atomic mass is 32.2. The molecule has 0 radical (unpaired) electrons. The molecule has 0 aliphatic rings. The highest BCUT2D eigenvalue weighted by molar-refractivity contribution is 7.89. The summed E-state index contributed by atoms with van der Waals surface area (Å²) in [6, 6.07) is 6.32. The Bertz CT molecular complexity index is 708. The normalized spacial score (nSPS) is 13.0. The van der Waals surface area contributed by atoms with Gasteiger partial charge in [0.15, 0.2) is 0 Å². The van der Waals surface area contributed by atoms with Crippen LogP contribution in [0.15, 0.2) is 41.3 Å². The number of hydrogen-bond acceptors (Lipinski definition) is 5. The minimum absolute atomic E-state index is 0.184. The lowest BCUT2D eigenvalue weighted by Crippen LogP contribution is -2.32. The Kier molecular flexibility index (Phi) is 7.12. The van der Waals surface area contributed by atoms with Crippen LogP contribution in [0.3, 0.4) is 0 Å². The predicted molar refractivity (Wildman–Crippen MR) is 89.8 cm³/mol. The van der Waals surface area contributed by atoms with Crippen LogP contribution in [0.25, 0.3) is 0 Å². The summed E-state index contributed by atoms with van der Waals surface area (Å²) in [5.74, 6) is -1.00. The van der Waals surface area contributed by atoms with Crippen LogP contribution in [0, 0.1) is 0 Å². The van der Waals surface area contributed by atoms with Crippen molar-refractivity contribution in [1.29, 1.82) is 0 Å². The summed E-state index contributed by atoms with van der Waals surface area (Å²) in [6.07, 6.45) is 2.68. The lowest BCUT2D eigenvalue weighted by Gasteiger charge is -2.14. The molecule has 0 aliphatic carbocycles. The second-order valence-electron chi connectivity index (χ2n) is 5.40. The Balaban J connectivity index is 2.65. The molecule has 0 aliphatic heterocycles. The van der Waals surface area contributed by atoms with Gasteiger partial charge in [-0.15, -0.1) is 0 Å². The van der Waals surface area contributed by atoms with E-state index in [-0.39, 0.29) is 10.9 Å². The van der Waals surface area contributed by atoms with Crippen LogP contribution in [0.4, 0.5) is 0 Å². The van der Waals surface area contributed by atoms with Crippen LogP contribution in [0.5, 0.6) is 0 Å². The van der Waals surface area contributed by atoms with E-state index in [4.69, 9.17) is 0 Å². The summed E-state index contributed by atoms with van der Waals surface area (Å²) in [5.41, 5.74) is 0.887. The molecule has 132 valence electrons. The van der Waals surface area contributed by atoms with Crippen LogP contribution < -0.4 is 5.32 Å². The van der Waals surface area contributed by atoms with Gasteiger partial charge in [0.25, 0.3) is 0 Å². The zero-order valence-electron chi connectivity index (χ0n) is 14.1. The van der Waals surface area contributed by atoms with E-state index < -0.39 is 21.9 Å². The molecule has 1 amide bonds. The zero-order chi connectivity index (χ0) is 18.3. The third-order valence-electron chi connectivity index (χ3n) is 3.20. The molecule has 24 heavy (non-hydrogen) atoms. The number of nitrogens with one attached hydrogen (secondary N) is 1. The maximum absolute atomic E-state index is 12.0. The average Bonchev–Trinajstić information content (AvgIpc) is 2.52. The first kappa shape index (κ1) is 19.9. The van der Waals surface area contributed by atoms with Crippen molar-refractivity contribution >= 4 is 21.9 Å². The average molecular weight is 354 g/mol. The molecule has 1 aromatic rings. The van der Waals surface area contributed by atoms with Gasteiger partial charge in [0.2, 0.25) is 15.9 Å². The van der Waals surface area contributed by atoms with Crippen LogP contribution in [0.1, 0.15) is 12.5 Å². The molecule has 0 fully saturated rings. The topological polar surface area (TPSA) is 92.8 Å². The molecule has 0 saturated carbocycles. The molecule has 0 saturated heterocycles. The van der Waals surface area contributed by atoms with Gasteiger partial charge in [-0.3, -0.25) is 4.79 Å². The Morgan fingerprint density at radius 2 is 1.79 bits per heavy atom. The van der Waals surface area contributed by atoms with E-state index in [1.54, 1.807) is 12.1 Å². The Labute approximate surface area is 142 Å². The molecule has 1 N–H and O–H groups in total. The number of sulfonamides is 1. The molecule has 1 aromatic carbocycles. The van der Waals surface area contributed by atoms with E-state index in [1.807, 2.05) is 6.92 Å².